The number of carboxylic acid groups (broad SMARTS) is 1. The van der Waals surface area contributed by atoms with Crippen LogP contribution in [-0.4, -0.2) is 41.0 Å². The highest BCUT2D eigenvalue weighted by molar-refractivity contribution is 5.94. The number of rotatable bonds is 6. The van der Waals surface area contributed by atoms with E-state index >= 15 is 0 Å². The van der Waals surface area contributed by atoms with Gasteiger partial charge in [-0.1, -0.05) is 0 Å². The summed E-state index contributed by atoms with van der Waals surface area (Å²) in [6.07, 6.45) is 0.235. The van der Waals surface area contributed by atoms with Gasteiger partial charge in [-0.15, -0.1) is 0 Å². The highest BCUT2D eigenvalue weighted by atomic mass is 16.4. The maximum absolute atomic E-state index is 11.4. The average Bonchev–Trinajstić information content (AvgIpc) is 2.18. The zero-order chi connectivity index (χ0) is 12.6. The standard InChI is InChI=1S/C10H18N2O4/c1-3-12(4-2)10(16)11-8(13)6-5-7-9(14)15/h3-7H2,1-2H3,(H,14,15)(H,11,13,16). The van der Waals surface area contributed by atoms with E-state index in [2.05, 4.69) is 5.32 Å². The topological polar surface area (TPSA) is 86.7 Å². The first-order chi connectivity index (χ1) is 7.51. The van der Waals surface area contributed by atoms with E-state index in [0.29, 0.717) is 13.1 Å². The number of urea groups is 1. The molecule has 92 valence electrons. The maximum atomic E-state index is 11.4. The molecule has 0 saturated heterocycles. The van der Waals surface area contributed by atoms with Crippen molar-refractivity contribution in [2.75, 3.05) is 13.1 Å². The summed E-state index contributed by atoms with van der Waals surface area (Å²) in [5.41, 5.74) is 0. The van der Waals surface area contributed by atoms with Gasteiger partial charge in [-0.05, 0) is 20.3 Å². The van der Waals surface area contributed by atoms with E-state index in [1.165, 1.54) is 4.90 Å². The fourth-order valence-corrected chi connectivity index (χ4v) is 1.17. The van der Waals surface area contributed by atoms with E-state index in [0.717, 1.165) is 0 Å². The quantitative estimate of drug-likeness (QED) is 0.707. The van der Waals surface area contributed by atoms with Gasteiger partial charge in [0.25, 0.3) is 0 Å². The summed E-state index contributed by atoms with van der Waals surface area (Å²) >= 11 is 0. The Bertz CT molecular complexity index is 262. The monoisotopic (exact) mass is 230 g/mol. The average molecular weight is 230 g/mol. The van der Waals surface area contributed by atoms with Crippen molar-refractivity contribution in [3.63, 3.8) is 0 Å². The molecule has 0 aliphatic carbocycles. The summed E-state index contributed by atoms with van der Waals surface area (Å²) in [7, 11) is 0. The number of nitrogens with one attached hydrogen (secondary N) is 1. The van der Waals surface area contributed by atoms with Crippen LogP contribution in [0.25, 0.3) is 0 Å². The van der Waals surface area contributed by atoms with Crippen molar-refractivity contribution in [3.05, 3.63) is 0 Å². The van der Waals surface area contributed by atoms with Crippen molar-refractivity contribution in [3.8, 4) is 0 Å². The highest BCUT2D eigenvalue weighted by Gasteiger charge is 2.12. The van der Waals surface area contributed by atoms with Crippen molar-refractivity contribution in [1.29, 1.82) is 0 Å². The molecule has 16 heavy (non-hydrogen) atoms. The third-order valence-corrected chi connectivity index (χ3v) is 2.09. The zero-order valence-electron chi connectivity index (χ0n) is 9.65. The Kier molecular flexibility index (Phi) is 6.91. The lowest BCUT2D eigenvalue weighted by Gasteiger charge is -2.18. The molecule has 0 unspecified atom stereocenters. The molecule has 0 radical (unpaired) electrons. The molecule has 3 amide bonds. The lowest BCUT2D eigenvalue weighted by Crippen LogP contribution is -2.42. The number of carboxylic acids is 1. The summed E-state index contributed by atoms with van der Waals surface area (Å²) in [6.45, 7) is 4.70. The van der Waals surface area contributed by atoms with Crippen LogP contribution in [0.3, 0.4) is 0 Å². The molecule has 0 aromatic rings. The van der Waals surface area contributed by atoms with E-state index < -0.39 is 17.9 Å². The largest absolute Gasteiger partial charge is 0.481 e. The first-order valence-corrected chi connectivity index (χ1v) is 5.31. The van der Waals surface area contributed by atoms with Crippen LogP contribution in [-0.2, 0) is 9.59 Å². The molecule has 0 aliphatic rings. The summed E-state index contributed by atoms with van der Waals surface area (Å²) < 4.78 is 0. The van der Waals surface area contributed by atoms with Gasteiger partial charge in [0.1, 0.15) is 0 Å². The molecule has 0 atom stereocenters. The predicted octanol–water partition coefficient (Wildman–Crippen LogP) is 0.819. The van der Waals surface area contributed by atoms with Gasteiger partial charge in [0.15, 0.2) is 0 Å². The molecule has 0 saturated carbocycles. The zero-order valence-corrected chi connectivity index (χ0v) is 9.65. The maximum Gasteiger partial charge on any atom is 0.324 e. The Balaban J connectivity index is 3.86. The number of nitrogens with zero attached hydrogens (tertiary/aromatic N) is 1. The number of carbonyl (C=O) groups excluding carboxylic acids is 2. The molecule has 6 nitrogen and oxygen atoms in total. The lowest BCUT2D eigenvalue weighted by molar-refractivity contribution is -0.137. The second-order valence-electron chi connectivity index (χ2n) is 3.27. The molecule has 6 heteroatoms. The van der Waals surface area contributed by atoms with Crippen molar-refractivity contribution in [1.82, 2.24) is 10.2 Å². The van der Waals surface area contributed by atoms with Gasteiger partial charge in [-0.25, -0.2) is 4.79 Å². The molecule has 0 bridgehead atoms. The molecule has 0 spiro atoms. The van der Waals surface area contributed by atoms with Crippen molar-refractivity contribution in [2.45, 2.75) is 33.1 Å². The Labute approximate surface area is 94.6 Å². The Morgan fingerprint density at radius 2 is 1.69 bits per heavy atom. The van der Waals surface area contributed by atoms with Crippen LogP contribution in [0.5, 0.6) is 0 Å². The molecule has 0 rings (SSSR count). The number of carbonyl (C=O) groups is 3. The highest BCUT2D eigenvalue weighted by Crippen LogP contribution is 1.96. The van der Waals surface area contributed by atoms with E-state index in [1.54, 1.807) is 0 Å². The van der Waals surface area contributed by atoms with Gasteiger partial charge in [0, 0.05) is 25.9 Å². The molecular weight excluding hydrogens is 212 g/mol. The van der Waals surface area contributed by atoms with E-state index in [-0.39, 0.29) is 19.3 Å². The molecule has 2 N–H and O–H groups in total. The minimum atomic E-state index is -0.942. The molecular formula is C10H18N2O4. The molecule has 0 fully saturated rings. The smallest absolute Gasteiger partial charge is 0.324 e. The molecule has 0 aromatic heterocycles. The normalized spacial score (nSPS) is 9.62. The van der Waals surface area contributed by atoms with Crippen LogP contribution in [0.1, 0.15) is 33.1 Å². The summed E-state index contributed by atoms with van der Waals surface area (Å²) in [5, 5.41) is 10.6. The summed E-state index contributed by atoms with van der Waals surface area (Å²) in [5.74, 6) is -1.37. The van der Waals surface area contributed by atoms with Gasteiger partial charge in [0.2, 0.25) is 5.91 Å². The minimum Gasteiger partial charge on any atom is -0.481 e. The van der Waals surface area contributed by atoms with E-state index in [4.69, 9.17) is 5.11 Å². The Hall–Kier alpha value is -1.59. The summed E-state index contributed by atoms with van der Waals surface area (Å²) in [4.78, 5) is 34.3. The molecule has 0 heterocycles. The number of hydrogen-bond acceptors (Lipinski definition) is 3. The van der Waals surface area contributed by atoms with Crippen LogP contribution >= 0.6 is 0 Å². The third kappa shape index (κ3) is 6.00. The van der Waals surface area contributed by atoms with E-state index in [9.17, 15) is 14.4 Å². The SMILES string of the molecule is CCN(CC)C(=O)NC(=O)CCCC(=O)O. The van der Waals surface area contributed by atoms with Crippen LogP contribution in [0.2, 0.25) is 0 Å². The van der Waals surface area contributed by atoms with E-state index in [1.807, 2.05) is 13.8 Å². The fourth-order valence-electron chi connectivity index (χ4n) is 1.17. The number of amides is 3. The number of imide groups is 1. The van der Waals surface area contributed by atoms with Crippen molar-refractivity contribution in [2.24, 2.45) is 0 Å². The first kappa shape index (κ1) is 14.4. The predicted molar refractivity (Wildman–Crippen MR) is 57.9 cm³/mol. The van der Waals surface area contributed by atoms with Crippen molar-refractivity contribution >= 4 is 17.9 Å². The second kappa shape index (κ2) is 7.67. The van der Waals surface area contributed by atoms with Crippen LogP contribution < -0.4 is 5.32 Å². The van der Waals surface area contributed by atoms with Gasteiger partial charge in [-0.2, -0.15) is 0 Å². The lowest BCUT2D eigenvalue weighted by atomic mass is 10.2. The van der Waals surface area contributed by atoms with Gasteiger partial charge < -0.3 is 10.0 Å². The van der Waals surface area contributed by atoms with Gasteiger partial charge in [0.05, 0.1) is 0 Å². The van der Waals surface area contributed by atoms with Gasteiger partial charge >= 0.3 is 12.0 Å². The van der Waals surface area contributed by atoms with Crippen molar-refractivity contribution < 1.29 is 19.5 Å². The van der Waals surface area contributed by atoms with Crippen LogP contribution in [0.4, 0.5) is 4.79 Å². The van der Waals surface area contributed by atoms with Crippen LogP contribution in [0, 0.1) is 0 Å². The van der Waals surface area contributed by atoms with Crippen LogP contribution in [0.15, 0.2) is 0 Å². The Morgan fingerprint density at radius 3 is 2.12 bits per heavy atom. The fraction of sp³-hybridized carbons (Fsp3) is 0.700. The first-order valence-electron chi connectivity index (χ1n) is 5.31. The number of hydrogen-bond donors (Lipinski definition) is 2. The minimum absolute atomic E-state index is 0.0549. The number of aliphatic carboxylic acids is 1. The summed E-state index contributed by atoms with van der Waals surface area (Å²) in [6, 6.07) is -0.426. The second-order valence-corrected chi connectivity index (χ2v) is 3.27. The molecule has 0 aromatic carbocycles. The third-order valence-electron chi connectivity index (χ3n) is 2.09. The Morgan fingerprint density at radius 1 is 1.12 bits per heavy atom. The van der Waals surface area contributed by atoms with Gasteiger partial charge in [-0.3, -0.25) is 14.9 Å². The molecule has 0 aliphatic heterocycles.